The van der Waals surface area contributed by atoms with Crippen molar-refractivity contribution < 1.29 is 4.39 Å². The summed E-state index contributed by atoms with van der Waals surface area (Å²) in [7, 11) is 0. The number of benzene rings is 2. The van der Waals surface area contributed by atoms with E-state index in [1.165, 1.54) is 0 Å². The Morgan fingerprint density at radius 2 is 1.81 bits per heavy atom. The average molecular weight is 362 g/mol. The number of aryl methyl sites for hydroxylation is 1. The third-order valence-electron chi connectivity index (χ3n) is 5.34. The van der Waals surface area contributed by atoms with Crippen molar-refractivity contribution in [1.29, 1.82) is 0 Å². The second kappa shape index (κ2) is 6.99. The molecule has 0 saturated carbocycles. The van der Waals surface area contributed by atoms with Gasteiger partial charge in [0.1, 0.15) is 11.6 Å². The molecular formula is C22H23FN4. The van der Waals surface area contributed by atoms with Gasteiger partial charge in [0.25, 0.3) is 0 Å². The van der Waals surface area contributed by atoms with Crippen LogP contribution in [0.1, 0.15) is 35.3 Å². The monoisotopic (exact) mass is 362 g/mol. The number of nitrogens with one attached hydrogen (secondary N) is 1. The van der Waals surface area contributed by atoms with Crippen LogP contribution in [0.2, 0.25) is 0 Å². The Hall–Kier alpha value is -2.95. The molecule has 1 aliphatic heterocycles. The van der Waals surface area contributed by atoms with Gasteiger partial charge in [-0.15, -0.1) is 0 Å². The van der Waals surface area contributed by atoms with Crippen molar-refractivity contribution in [3.05, 3.63) is 76.7 Å². The zero-order chi connectivity index (χ0) is 19.0. The van der Waals surface area contributed by atoms with Gasteiger partial charge in [0.05, 0.1) is 6.04 Å². The van der Waals surface area contributed by atoms with Gasteiger partial charge in [-0.25, -0.2) is 9.37 Å². The van der Waals surface area contributed by atoms with Gasteiger partial charge >= 0.3 is 0 Å². The maximum absolute atomic E-state index is 14.2. The van der Waals surface area contributed by atoms with Crippen LogP contribution in [0, 0.1) is 19.7 Å². The van der Waals surface area contributed by atoms with Crippen LogP contribution in [-0.4, -0.2) is 16.5 Å². The van der Waals surface area contributed by atoms with Gasteiger partial charge in [-0.1, -0.05) is 30.3 Å². The highest BCUT2D eigenvalue weighted by Crippen LogP contribution is 2.36. The molecule has 2 heterocycles. The van der Waals surface area contributed by atoms with Crippen LogP contribution < -0.4 is 10.2 Å². The summed E-state index contributed by atoms with van der Waals surface area (Å²) >= 11 is 0. The van der Waals surface area contributed by atoms with Crippen LogP contribution in [-0.2, 0) is 6.42 Å². The van der Waals surface area contributed by atoms with E-state index < -0.39 is 0 Å². The number of hydrogen-bond donors (Lipinski definition) is 1. The average Bonchev–Trinajstić information content (AvgIpc) is 2.67. The van der Waals surface area contributed by atoms with Gasteiger partial charge in [-0.3, -0.25) is 0 Å². The predicted octanol–water partition coefficient (Wildman–Crippen LogP) is 5.10. The number of fused-ring (bicyclic) bond motifs is 1. The van der Waals surface area contributed by atoms with E-state index in [-0.39, 0.29) is 11.9 Å². The molecule has 1 N–H and O–H groups in total. The van der Waals surface area contributed by atoms with Crippen LogP contribution in [0.3, 0.4) is 0 Å². The quantitative estimate of drug-likeness (QED) is 0.704. The number of anilines is 3. The van der Waals surface area contributed by atoms with E-state index in [4.69, 9.17) is 4.98 Å². The molecule has 4 rings (SSSR count). The number of aromatic nitrogens is 2. The minimum absolute atomic E-state index is 0.0574. The molecule has 1 aromatic heterocycles. The molecule has 1 aliphatic rings. The van der Waals surface area contributed by atoms with Gasteiger partial charge in [0.2, 0.25) is 5.95 Å². The molecule has 0 bridgehead atoms. The molecule has 1 unspecified atom stereocenters. The SMILES string of the molecule is Cc1nc(Nc2ccccc2)nc(N2CCc3c(F)cccc3C2C)c1C. The molecule has 0 fully saturated rings. The van der Waals surface area contributed by atoms with Gasteiger partial charge in [-0.05, 0) is 56.5 Å². The topological polar surface area (TPSA) is 41.1 Å². The first-order valence-electron chi connectivity index (χ1n) is 9.26. The lowest BCUT2D eigenvalue weighted by Crippen LogP contribution is -2.36. The number of para-hydroxylation sites is 1. The van der Waals surface area contributed by atoms with Crippen molar-refractivity contribution in [2.75, 3.05) is 16.8 Å². The van der Waals surface area contributed by atoms with Gasteiger partial charge in [0, 0.05) is 23.5 Å². The summed E-state index contributed by atoms with van der Waals surface area (Å²) in [5.74, 6) is 1.38. The maximum Gasteiger partial charge on any atom is 0.229 e. The predicted molar refractivity (Wildman–Crippen MR) is 107 cm³/mol. The van der Waals surface area contributed by atoms with Gasteiger partial charge in [-0.2, -0.15) is 4.98 Å². The molecule has 3 aromatic rings. The highest BCUT2D eigenvalue weighted by Gasteiger charge is 2.28. The Morgan fingerprint density at radius 1 is 1.04 bits per heavy atom. The molecule has 0 saturated heterocycles. The van der Waals surface area contributed by atoms with E-state index in [1.54, 1.807) is 12.1 Å². The molecular weight excluding hydrogens is 339 g/mol. The summed E-state index contributed by atoms with van der Waals surface area (Å²) in [4.78, 5) is 11.7. The molecule has 0 aliphatic carbocycles. The summed E-state index contributed by atoms with van der Waals surface area (Å²) in [6.45, 7) is 6.89. The van der Waals surface area contributed by atoms with E-state index in [1.807, 2.05) is 50.2 Å². The largest absolute Gasteiger partial charge is 0.349 e. The zero-order valence-corrected chi connectivity index (χ0v) is 15.8. The zero-order valence-electron chi connectivity index (χ0n) is 15.8. The normalized spacial score (nSPS) is 16.1. The van der Waals surface area contributed by atoms with E-state index >= 15 is 0 Å². The molecule has 138 valence electrons. The fourth-order valence-corrected chi connectivity index (χ4v) is 3.71. The Kier molecular flexibility index (Phi) is 4.52. The fourth-order valence-electron chi connectivity index (χ4n) is 3.71. The van der Waals surface area contributed by atoms with E-state index in [9.17, 15) is 4.39 Å². The minimum atomic E-state index is -0.110. The second-order valence-corrected chi connectivity index (χ2v) is 7.00. The van der Waals surface area contributed by atoms with Crippen molar-refractivity contribution >= 4 is 17.5 Å². The van der Waals surface area contributed by atoms with E-state index in [0.717, 1.165) is 40.4 Å². The van der Waals surface area contributed by atoms with Crippen LogP contribution in [0.4, 0.5) is 21.8 Å². The van der Waals surface area contributed by atoms with Crippen molar-refractivity contribution in [3.8, 4) is 0 Å². The van der Waals surface area contributed by atoms with Crippen molar-refractivity contribution in [1.82, 2.24) is 9.97 Å². The first kappa shape index (κ1) is 17.5. The van der Waals surface area contributed by atoms with Crippen molar-refractivity contribution in [2.24, 2.45) is 0 Å². The Labute approximate surface area is 159 Å². The summed E-state index contributed by atoms with van der Waals surface area (Å²) in [6, 6.07) is 15.3. The third-order valence-corrected chi connectivity index (χ3v) is 5.34. The number of rotatable bonds is 3. The Bertz CT molecular complexity index is 972. The van der Waals surface area contributed by atoms with Crippen LogP contribution in [0.5, 0.6) is 0 Å². The Morgan fingerprint density at radius 3 is 2.59 bits per heavy atom. The molecule has 27 heavy (non-hydrogen) atoms. The summed E-state index contributed by atoms with van der Waals surface area (Å²) in [5.41, 5.74) is 4.81. The smallest absolute Gasteiger partial charge is 0.229 e. The van der Waals surface area contributed by atoms with E-state index in [0.29, 0.717) is 12.4 Å². The highest BCUT2D eigenvalue weighted by atomic mass is 19.1. The molecule has 2 aromatic carbocycles. The van der Waals surface area contributed by atoms with Crippen LogP contribution in [0.15, 0.2) is 48.5 Å². The standard InChI is InChI=1S/C22H23FN4/c1-14-15(2)24-22(25-17-8-5-4-6-9-17)26-21(14)27-13-12-19-18(16(27)3)10-7-11-20(19)23/h4-11,16H,12-13H2,1-3H3,(H,24,25,26). The number of halogens is 1. The second-order valence-electron chi connectivity index (χ2n) is 7.00. The fraction of sp³-hybridized carbons (Fsp3) is 0.273. The lowest BCUT2D eigenvalue weighted by Gasteiger charge is -2.37. The van der Waals surface area contributed by atoms with E-state index in [2.05, 4.69) is 22.1 Å². The summed E-state index contributed by atoms with van der Waals surface area (Å²) in [5, 5.41) is 3.29. The van der Waals surface area contributed by atoms with Gasteiger partial charge < -0.3 is 10.2 Å². The summed E-state index contributed by atoms with van der Waals surface area (Å²) < 4.78 is 14.2. The molecule has 0 radical (unpaired) electrons. The number of hydrogen-bond acceptors (Lipinski definition) is 4. The first-order valence-corrected chi connectivity index (χ1v) is 9.26. The summed E-state index contributed by atoms with van der Waals surface area (Å²) in [6.07, 6.45) is 0.677. The van der Waals surface area contributed by atoms with Crippen molar-refractivity contribution in [2.45, 2.75) is 33.2 Å². The molecule has 0 spiro atoms. The van der Waals surface area contributed by atoms with Crippen LogP contribution >= 0.6 is 0 Å². The van der Waals surface area contributed by atoms with Crippen LogP contribution in [0.25, 0.3) is 0 Å². The highest BCUT2D eigenvalue weighted by molar-refractivity contribution is 5.59. The third kappa shape index (κ3) is 3.25. The minimum Gasteiger partial charge on any atom is -0.349 e. The lowest BCUT2D eigenvalue weighted by atomic mass is 9.93. The Balaban J connectivity index is 1.71. The number of nitrogens with zero attached hydrogens (tertiary/aromatic N) is 3. The molecule has 5 heteroatoms. The lowest BCUT2D eigenvalue weighted by molar-refractivity contribution is 0.559. The molecule has 0 amide bonds. The maximum atomic E-state index is 14.2. The molecule has 1 atom stereocenters. The first-order chi connectivity index (χ1) is 13.0. The van der Waals surface area contributed by atoms with Gasteiger partial charge in [0.15, 0.2) is 0 Å². The molecule has 4 nitrogen and oxygen atoms in total. The van der Waals surface area contributed by atoms with Crippen molar-refractivity contribution in [3.63, 3.8) is 0 Å².